The summed E-state index contributed by atoms with van der Waals surface area (Å²) < 4.78 is 30.1. The predicted octanol–water partition coefficient (Wildman–Crippen LogP) is 7.92. The third-order valence-corrected chi connectivity index (χ3v) is 7.73. The van der Waals surface area contributed by atoms with Crippen molar-refractivity contribution in [3.05, 3.63) is 128 Å². The number of ether oxygens (including phenoxy) is 5. The number of halogens is 2. The molecule has 0 amide bonds. The maximum atomic E-state index is 13.3. The second-order valence-corrected chi connectivity index (χ2v) is 11.2. The van der Waals surface area contributed by atoms with E-state index in [9.17, 15) is 9.90 Å². The van der Waals surface area contributed by atoms with Crippen molar-refractivity contribution in [1.82, 2.24) is 0 Å². The first kappa shape index (κ1) is 29.6. The molecule has 43 heavy (non-hydrogen) atoms. The maximum Gasteiger partial charge on any atom is 0.234 e. The molecule has 6 rings (SSSR count). The summed E-state index contributed by atoms with van der Waals surface area (Å²) in [7, 11) is 0. The number of rotatable bonds is 12. The molecule has 2 aliphatic heterocycles. The Bertz CT molecular complexity index is 1580. The van der Waals surface area contributed by atoms with Crippen molar-refractivity contribution in [2.75, 3.05) is 13.2 Å². The van der Waals surface area contributed by atoms with Crippen molar-refractivity contribution in [2.24, 2.45) is 0 Å². The Morgan fingerprint density at radius 1 is 0.767 bits per heavy atom. The Morgan fingerprint density at radius 3 is 1.98 bits per heavy atom. The number of benzene rings is 4. The van der Waals surface area contributed by atoms with E-state index < -0.39 is 18.7 Å². The lowest BCUT2D eigenvalue weighted by molar-refractivity contribution is -0.228. The number of carbonyl (C=O) groups is 1. The molecule has 2 bridgehead atoms. The zero-order chi connectivity index (χ0) is 29.8. The zero-order valence-electron chi connectivity index (χ0n) is 23.2. The second-order valence-electron chi connectivity index (χ2n) is 10.4. The largest absolute Gasteiger partial charge is 0.459 e. The SMILES string of the molecule is O=C(CCOCc1ccccc1)c1cc(Cl)cc2c1OC1OC2Oc2c(C(O)CCOCc3ccccc3)cc(Cl)cc21. The maximum absolute atomic E-state index is 13.3. The van der Waals surface area contributed by atoms with Crippen LogP contribution < -0.4 is 9.47 Å². The standard InChI is InChI=1S/C34H30Cl2O7/c35-23-15-25(29(37)11-13-39-19-21-7-3-1-4-8-21)31-27(17-23)33-42-32-26(16-24(36)18-28(32)34(41-31)43-33)30(38)12-14-40-20-22-9-5-2-6-10-22/h1-10,15-18,29,33-34,37H,11-14,19-20H2. The summed E-state index contributed by atoms with van der Waals surface area (Å²) in [4.78, 5) is 13.3. The molecule has 0 spiro atoms. The fourth-order valence-corrected chi connectivity index (χ4v) is 5.62. The van der Waals surface area contributed by atoms with Crippen LogP contribution in [0.1, 0.15) is 69.7 Å². The highest BCUT2D eigenvalue weighted by Gasteiger charge is 2.41. The molecule has 222 valence electrons. The first-order valence-corrected chi connectivity index (χ1v) is 14.8. The van der Waals surface area contributed by atoms with Crippen molar-refractivity contribution in [2.45, 2.75) is 44.7 Å². The molecule has 4 aromatic rings. The summed E-state index contributed by atoms with van der Waals surface area (Å²) in [6.07, 6.45) is -2.24. The van der Waals surface area contributed by atoms with Gasteiger partial charge in [0.2, 0.25) is 12.6 Å². The van der Waals surface area contributed by atoms with Crippen molar-refractivity contribution < 1.29 is 33.6 Å². The quantitative estimate of drug-likeness (QED) is 0.127. The normalized spacial score (nSPS) is 17.3. The van der Waals surface area contributed by atoms with E-state index in [4.69, 9.17) is 46.9 Å². The van der Waals surface area contributed by atoms with Gasteiger partial charge in [-0.3, -0.25) is 9.53 Å². The Morgan fingerprint density at radius 2 is 1.33 bits per heavy atom. The third kappa shape index (κ3) is 6.88. The van der Waals surface area contributed by atoms with Crippen LogP contribution in [0.3, 0.4) is 0 Å². The Labute approximate surface area is 259 Å². The van der Waals surface area contributed by atoms with Gasteiger partial charge in [-0.25, -0.2) is 0 Å². The van der Waals surface area contributed by atoms with Gasteiger partial charge in [0.05, 0.1) is 42.6 Å². The van der Waals surface area contributed by atoms with Gasteiger partial charge in [0.15, 0.2) is 5.78 Å². The summed E-state index contributed by atoms with van der Waals surface area (Å²) >= 11 is 12.9. The molecule has 0 aromatic heterocycles. The van der Waals surface area contributed by atoms with E-state index in [0.717, 1.165) is 11.1 Å². The Kier molecular flexibility index (Phi) is 9.28. The van der Waals surface area contributed by atoms with Gasteiger partial charge >= 0.3 is 0 Å². The molecule has 0 saturated carbocycles. The highest BCUT2D eigenvalue weighted by molar-refractivity contribution is 6.31. The number of hydrogen-bond donors (Lipinski definition) is 1. The lowest BCUT2D eigenvalue weighted by atomic mass is 9.98. The minimum atomic E-state index is -0.908. The van der Waals surface area contributed by atoms with Crippen LogP contribution in [0.4, 0.5) is 0 Å². The van der Waals surface area contributed by atoms with E-state index in [0.29, 0.717) is 70.0 Å². The summed E-state index contributed by atoms with van der Waals surface area (Å²) in [6.45, 7) is 1.43. The summed E-state index contributed by atoms with van der Waals surface area (Å²) in [5.74, 6) is 0.597. The number of Topliss-reactive ketones (excluding diaryl/α,β-unsaturated/α-hetero) is 1. The topological polar surface area (TPSA) is 83.5 Å². The molecule has 1 N–H and O–H groups in total. The molecule has 0 saturated heterocycles. The molecule has 2 heterocycles. The average molecular weight is 622 g/mol. The smallest absolute Gasteiger partial charge is 0.234 e. The van der Waals surface area contributed by atoms with Crippen LogP contribution in [-0.2, 0) is 27.4 Å². The summed E-state index contributed by atoms with van der Waals surface area (Å²) in [5.41, 5.74) is 3.93. The zero-order valence-corrected chi connectivity index (χ0v) is 24.7. The minimum absolute atomic E-state index is 0.144. The van der Waals surface area contributed by atoms with Crippen molar-refractivity contribution >= 4 is 29.0 Å². The Balaban J connectivity index is 1.16. The average Bonchev–Trinajstić information content (AvgIpc) is 3.02. The lowest BCUT2D eigenvalue weighted by Gasteiger charge is -2.39. The van der Waals surface area contributed by atoms with E-state index in [2.05, 4.69) is 0 Å². The van der Waals surface area contributed by atoms with Crippen molar-refractivity contribution in [1.29, 1.82) is 0 Å². The lowest BCUT2D eigenvalue weighted by Crippen LogP contribution is -2.32. The van der Waals surface area contributed by atoms with Gasteiger partial charge in [0.1, 0.15) is 11.5 Å². The molecule has 2 aliphatic rings. The van der Waals surface area contributed by atoms with Crippen LogP contribution in [0.25, 0.3) is 0 Å². The predicted molar refractivity (Wildman–Crippen MR) is 161 cm³/mol. The molecule has 0 fully saturated rings. The minimum Gasteiger partial charge on any atom is -0.459 e. The van der Waals surface area contributed by atoms with E-state index >= 15 is 0 Å². The van der Waals surface area contributed by atoms with Crippen LogP contribution in [0.5, 0.6) is 11.5 Å². The van der Waals surface area contributed by atoms with Crippen LogP contribution in [0, 0.1) is 0 Å². The number of fused-ring (bicyclic) bond motifs is 6. The molecule has 7 nitrogen and oxygen atoms in total. The first-order valence-electron chi connectivity index (χ1n) is 14.1. The Hall–Kier alpha value is -3.43. The monoisotopic (exact) mass is 620 g/mol. The summed E-state index contributed by atoms with van der Waals surface area (Å²) in [5, 5.41) is 11.9. The molecular formula is C34H30Cl2O7. The molecule has 3 atom stereocenters. The van der Waals surface area contributed by atoms with Gasteiger partial charge in [0, 0.05) is 35.1 Å². The summed E-state index contributed by atoms with van der Waals surface area (Å²) in [6, 6.07) is 26.2. The van der Waals surface area contributed by atoms with E-state index in [-0.39, 0.29) is 18.8 Å². The van der Waals surface area contributed by atoms with Crippen LogP contribution >= 0.6 is 23.2 Å². The molecule has 3 unspecified atom stereocenters. The van der Waals surface area contributed by atoms with Gasteiger partial charge in [-0.2, -0.15) is 0 Å². The van der Waals surface area contributed by atoms with Gasteiger partial charge in [-0.1, -0.05) is 83.9 Å². The van der Waals surface area contributed by atoms with Crippen LogP contribution in [-0.4, -0.2) is 24.1 Å². The molecule has 0 radical (unpaired) electrons. The van der Waals surface area contributed by atoms with Crippen LogP contribution in [0.2, 0.25) is 10.0 Å². The molecular weight excluding hydrogens is 591 g/mol. The van der Waals surface area contributed by atoms with E-state index in [1.54, 1.807) is 24.3 Å². The number of aliphatic hydroxyl groups is 1. The van der Waals surface area contributed by atoms with E-state index in [1.165, 1.54) is 0 Å². The fourth-order valence-electron chi connectivity index (χ4n) is 5.16. The van der Waals surface area contributed by atoms with Gasteiger partial charge < -0.3 is 24.1 Å². The van der Waals surface area contributed by atoms with Crippen LogP contribution in [0.15, 0.2) is 84.9 Å². The highest BCUT2D eigenvalue weighted by atomic mass is 35.5. The highest BCUT2D eigenvalue weighted by Crippen LogP contribution is 2.52. The van der Waals surface area contributed by atoms with Gasteiger partial charge in [-0.15, -0.1) is 0 Å². The molecule has 9 heteroatoms. The number of ketones is 1. The number of carbonyl (C=O) groups excluding carboxylic acids is 1. The number of aliphatic hydroxyl groups excluding tert-OH is 1. The third-order valence-electron chi connectivity index (χ3n) is 7.29. The van der Waals surface area contributed by atoms with Gasteiger partial charge in [0.25, 0.3) is 0 Å². The van der Waals surface area contributed by atoms with Crippen molar-refractivity contribution in [3.8, 4) is 11.5 Å². The first-order chi connectivity index (χ1) is 21.0. The van der Waals surface area contributed by atoms with E-state index in [1.807, 2.05) is 60.7 Å². The fraction of sp³-hybridized carbons (Fsp3) is 0.265. The molecule has 4 aromatic carbocycles. The van der Waals surface area contributed by atoms with Gasteiger partial charge in [-0.05, 0) is 35.4 Å². The molecule has 0 aliphatic carbocycles. The second kappa shape index (κ2) is 13.5. The van der Waals surface area contributed by atoms with Crippen molar-refractivity contribution in [3.63, 3.8) is 0 Å². The number of hydrogen-bond acceptors (Lipinski definition) is 7.